The monoisotopic (exact) mass is 412 g/mol. The molecule has 1 saturated carbocycles. The van der Waals surface area contributed by atoms with Crippen LogP contribution in [0.2, 0.25) is 0 Å². The highest BCUT2D eigenvalue weighted by molar-refractivity contribution is 7.89. The molecular weight excluding hydrogens is 384 g/mol. The molecule has 29 heavy (non-hydrogen) atoms. The first-order valence-electron chi connectivity index (χ1n) is 10.5. The van der Waals surface area contributed by atoms with Crippen LogP contribution in [0, 0.1) is 5.92 Å². The Morgan fingerprint density at radius 2 is 1.90 bits per heavy atom. The molecule has 0 bridgehead atoms. The molecule has 2 aliphatic rings. The minimum absolute atomic E-state index is 0.166. The highest BCUT2D eigenvalue weighted by atomic mass is 32.2. The fraction of sp³-hybridized carbons (Fsp3) is 0.435. The van der Waals surface area contributed by atoms with Crippen molar-refractivity contribution in [3.8, 4) is 0 Å². The number of unbranched alkanes of at least 4 members (excludes halogenated alkanes) is 1. The van der Waals surface area contributed by atoms with Crippen molar-refractivity contribution in [2.24, 2.45) is 5.92 Å². The molecular formula is C23H28N2O3S. The average Bonchev–Trinajstić information content (AvgIpc) is 3.50. The number of anilines is 1. The first kappa shape index (κ1) is 20.1. The van der Waals surface area contributed by atoms with Crippen molar-refractivity contribution >= 4 is 21.6 Å². The van der Waals surface area contributed by atoms with E-state index in [0.717, 1.165) is 42.5 Å². The first-order chi connectivity index (χ1) is 14.0. The van der Waals surface area contributed by atoms with Crippen molar-refractivity contribution in [2.45, 2.75) is 50.5 Å². The van der Waals surface area contributed by atoms with Gasteiger partial charge in [-0.05, 0) is 55.0 Å². The third kappa shape index (κ3) is 4.23. The molecule has 0 saturated heterocycles. The highest BCUT2D eigenvalue weighted by Gasteiger charge is 2.37. The number of rotatable bonds is 8. The Morgan fingerprint density at radius 3 is 2.59 bits per heavy atom. The lowest BCUT2D eigenvalue weighted by atomic mass is 10.2. The van der Waals surface area contributed by atoms with Crippen LogP contribution in [0.15, 0.2) is 53.4 Å². The lowest BCUT2D eigenvalue weighted by Crippen LogP contribution is -2.32. The van der Waals surface area contributed by atoms with Crippen molar-refractivity contribution in [1.82, 2.24) is 4.31 Å². The number of benzene rings is 2. The molecule has 0 radical (unpaired) electrons. The predicted octanol–water partition coefficient (Wildman–Crippen LogP) is 3.98. The van der Waals surface area contributed by atoms with Gasteiger partial charge < -0.3 is 4.90 Å². The number of hydrogen-bond donors (Lipinski definition) is 0. The van der Waals surface area contributed by atoms with Crippen LogP contribution in [-0.4, -0.2) is 31.7 Å². The summed E-state index contributed by atoms with van der Waals surface area (Å²) in [4.78, 5) is 14.6. The van der Waals surface area contributed by atoms with Crippen LogP contribution in [0.25, 0.3) is 0 Å². The molecule has 4 rings (SSSR count). The van der Waals surface area contributed by atoms with Crippen molar-refractivity contribution < 1.29 is 13.2 Å². The summed E-state index contributed by atoms with van der Waals surface area (Å²) in [6, 6.07) is 15.0. The van der Waals surface area contributed by atoms with E-state index in [1.54, 1.807) is 16.4 Å². The topological polar surface area (TPSA) is 57.7 Å². The number of sulfonamides is 1. The van der Waals surface area contributed by atoms with Gasteiger partial charge in [0.25, 0.3) is 0 Å². The fourth-order valence-corrected chi connectivity index (χ4v) is 5.39. The van der Waals surface area contributed by atoms with Crippen LogP contribution >= 0.6 is 0 Å². The van der Waals surface area contributed by atoms with Crippen LogP contribution in [-0.2, 0) is 27.8 Å². The van der Waals surface area contributed by atoms with E-state index in [0.29, 0.717) is 31.0 Å². The van der Waals surface area contributed by atoms with Crippen molar-refractivity contribution in [1.29, 1.82) is 0 Å². The summed E-state index contributed by atoms with van der Waals surface area (Å²) in [7, 11) is -3.60. The summed E-state index contributed by atoms with van der Waals surface area (Å²) in [5.74, 6) is 0.354. The van der Waals surface area contributed by atoms with Gasteiger partial charge in [0.05, 0.1) is 4.90 Å². The van der Waals surface area contributed by atoms with E-state index in [-0.39, 0.29) is 11.8 Å². The summed E-state index contributed by atoms with van der Waals surface area (Å²) in [5, 5.41) is 0. The van der Waals surface area contributed by atoms with Crippen LogP contribution in [0.3, 0.4) is 0 Å². The Bertz CT molecular complexity index is 984. The largest absolute Gasteiger partial charge is 0.312 e. The molecule has 0 N–H and O–H groups in total. The molecule has 2 aromatic rings. The van der Waals surface area contributed by atoms with E-state index in [1.807, 2.05) is 41.3 Å². The maximum atomic E-state index is 13.4. The van der Waals surface area contributed by atoms with E-state index in [4.69, 9.17) is 0 Å². The standard InChI is InChI=1S/C23H28N2O3S/c1-2-3-14-24(17-18-7-5-4-6-8-18)29(27,28)21-11-12-22-20(16-21)13-15-25(22)23(26)19-9-10-19/h4-8,11-12,16,19H,2-3,9-10,13-15,17H2,1H3. The molecule has 0 spiro atoms. The van der Waals surface area contributed by atoms with Gasteiger partial charge in [-0.15, -0.1) is 0 Å². The average molecular weight is 413 g/mol. The Morgan fingerprint density at radius 1 is 1.14 bits per heavy atom. The first-order valence-corrected chi connectivity index (χ1v) is 11.9. The highest BCUT2D eigenvalue weighted by Crippen LogP contribution is 2.37. The number of fused-ring (bicyclic) bond motifs is 1. The number of amides is 1. The summed E-state index contributed by atoms with van der Waals surface area (Å²) in [6.45, 7) is 3.58. The van der Waals surface area contributed by atoms with Gasteiger partial charge >= 0.3 is 0 Å². The Labute approximate surface area is 173 Å². The van der Waals surface area contributed by atoms with Crippen molar-refractivity contribution in [2.75, 3.05) is 18.0 Å². The lowest BCUT2D eigenvalue weighted by Gasteiger charge is -2.23. The van der Waals surface area contributed by atoms with Crippen LogP contribution in [0.1, 0.15) is 43.7 Å². The van der Waals surface area contributed by atoms with Gasteiger partial charge in [0.1, 0.15) is 0 Å². The number of nitrogens with zero attached hydrogens (tertiary/aromatic N) is 2. The molecule has 154 valence electrons. The van der Waals surface area contributed by atoms with Gasteiger partial charge in [0.2, 0.25) is 15.9 Å². The molecule has 1 fully saturated rings. The van der Waals surface area contributed by atoms with Gasteiger partial charge in [-0.25, -0.2) is 8.42 Å². The molecule has 1 amide bonds. The van der Waals surface area contributed by atoms with Crippen LogP contribution in [0.5, 0.6) is 0 Å². The third-order valence-electron chi connectivity index (χ3n) is 5.74. The second kappa shape index (κ2) is 8.28. The zero-order chi connectivity index (χ0) is 20.4. The summed E-state index contributed by atoms with van der Waals surface area (Å²) < 4.78 is 28.4. The smallest absolute Gasteiger partial charge is 0.243 e. The van der Waals surface area contributed by atoms with E-state index >= 15 is 0 Å². The van der Waals surface area contributed by atoms with Gasteiger partial charge in [-0.2, -0.15) is 4.31 Å². The van der Waals surface area contributed by atoms with E-state index in [2.05, 4.69) is 6.92 Å². The van der Waals surface area contributed by atoms with Crippen LogP contribution in [0.4, 0.5) is 5.69 Å². The van der Waals surface area contributed by atoms with Gasteiger partial charge in [-0.1, -0.05) is 43.7 Å². The number of hydrogen-bond acceptors (Lipinski definition) is 3. The predicted molar refractivity (Wildman–Crippen MR) is 114 cm³/mol. The number of carbonyl (C=O) groups is 1. The van der Waals surface area contributed by atoms with Crippen molar-refractivity contribution in [3.63, 3.8) is 0 Å². The molecule has 1 aliphatic heterocycles. The third-order valence-corrected chi connectivity index (χ3v) is 7.58. The SMILES string of the molecule is CCCCN(Cc1ccccc1)S(=O)(=O)c1ccc2c(c1)CCN2C(=O)C1CC1. The van der Waals surface area contributed by atoms with E-state index in [9.17, 15) is 13.2 Å². The van der Waals surface area contributed by atoms with Gasteiger partial charge in [-0.3, -0.25) is 4.79 Å². The Hall–Kier alpha value is -2.18. The minimum atomic E-state index is -3.60. The van der Waals surface area contributed by atoms with E-state index in [1.165, 1.54) is 0 Å². The second-order valence-corrected chi connectivity index (χ2v) is 9.92. The molecule has 0 atom stereocenters. The molecule has 1 aliphatic carbocycles. The fourth-order valence-electron chi connectivity index (χ4n) is 3.87. The second-order valence-electron chi connectivity index (χ2n) is 7.98. The maximum Gasteiger partial charge on any atom is 0.243 e. The quantitative estimate of drug-likeness (QED) is 0.659. The van der Waals surface area contributed by atoms with Gasteiger partial charge in [0, 0.05) is 31.2 Å². The van der Waals surface area contributed by atoms with E-state index < -0.39 is 10.0 Å². The molecule has 1 heterocycles. The molecule has 2 aromatic carbocycles. The molecule has 0 aromatic heterocycles. The zero-order valence-electron chi connectivity index (χ0n) is 16.9. The normalized spacial score (nSPS) is 16.3. The summed E-state index contributed by atoms with van der Waals surface area (Å²) in [5.41, 5.74) is 2.81. The number of carbonyl (C=O) groups excluding carboxylic acids is 1. The summed E-state index contributed by atoms with van der Waals surface area (Å²) in [6.07, 6.45) is 4.42. The Balaban J connectivity index is 1.60. The van der Waals surface area contributed by atoms with Gasteiger partial charge in [0.15, 0.2) is 0 Å². The van der Waals surface area contributed by atoms with Crippen molar-refractivity contribution in [3.05, 3.63) is 59.7 Å². The zero-order valence-corrected chi connectivity index (χ0v) is 17.7. The molecule has 0 unspecified atom stereocenters. The molecule has 6 heteroatoms. The molecule has 5 nitrogen and oxygen atoms in total. The lowest BCUT2D eigenvalue weighted by molar-refractivity contribution is -0.119. The van der Waals surface area contributed by atoms with Crippen LogP contribution < -0.4 is 4.90 Å². The maximum absolute atomic E-state index is 13.4. The summed E-state index contributed by atoms with van der Waals surface area (Å²) >= 11 is 0. The Kier molecular flexibility index (Phi) is 5.74. The minimum Gasteiger partial charge on any atom is -0.312 e.